The molecule has 0 aliphatic carbocycles. The molecule has 1 aromatic heterocycles. The SMILES string of the molecule is Cc1ccc2nc(CCC(C)(C)CCN)sc2c1. The summed E-state index contributed by atoms with van der Waals surface area (Å²) in [6.07, 6.45) is 3.30. The van der Waals surface area contributed by atoms with Crippen molar-refractivity contribution in [3.8, 4) is 0 Å². The zero-order valence-corrected chi connectivity index (χ0v) is 12.3. The van der Waals surface area contributed by atoms with E-state index < -0.39 is 0 Å². The summed E-state index contributed by atoms with van der Waals surface area (Å²) in [4.78, 5) is 4.70. The number of fused-ring (bicyclic) bond motifs is 1. The van der Waals surface area contributed by atoms with Gasteiger partial charge in [-0.1, -0.05) is 19.9 Å². The van der Waals surface area contributed by atoms with Gasteiger partial charge in [-0.3, -0.25) is 0 Å². The third kappa shape index (κ3) is 3.30. The number of aryl methyl sites for hydroxylation is 2. The highest BCUT2D eigenvalue weighted by atomic mass is 32.1. The minimum atomic E-state index is 0.322. The van der Waals surface area contributed by atoms with Crippen molar-refractivity contribution in [1.29, 1.82) is 0 Å². The number of aromatic nitrogens is 1. The van der Waals surface area contributed by atoms with Crippen LogP contribution in [0.2, 0.25) is 0 Å². The van der Waals surface area contributed by atoms with Crippen LogP contribution in [-0.2, 0) is 6.42 Å². The van der Waals surface area contributed by atoms with Crippen LogP contribution in [0, 0.1) is 12.3 Å². The second-order valence-electron chi connectivity index (χ2n) is 5.78. The molecule has 0 saturated carbocycles. The van der Waals surface area contributed by atoms with Crippen LogP contribution in [0.25, 0.3) is 10.2 Å². The Morgan fingerprint density at radius 1 is 1.28 bits per heavy atom. The van der Waals surface area contributed by atoms with E-state index in [-0.39, 0.29) is 0 Å². The lowest BCUT2D eigenvalue weighted by molar-refractivity contribution is 0.313. The third-order valence-corrected chi connectivity index (χ3v) is 4.50. The fourth-order valence-corrected chi connectivity index (χ4v) is 3.21. The van der Waals surface area contributed by atoms with E-state index in [1.807, 2.05) is 11.3 Å². The van der Waals surface area contributed by atoms with E-state index in [0.717, 1.165) is 31.3 Å². The van der Waals surface area contributed by atoms with Crippen LogP contribution in [0.15, 0.2) is 18.2 Å². The number of nitrogens with zero attached hydrogens (tertiary/aromatic N) is 1. The van der Waals surface area contributed by atoms with Crippen molar-refractivity contribution in [2.75, 3.05) is 6.54 Å². The van der Waals surface area contributed by atoms with Crippen LogP contribution in [0.1, 0.15) is 37.3 Å². The van der Waals surface area contributed by atoms with Gasteiger partial charge in [0.05, 0.1) is 15.2 Å². The van der Waals surface area contributed by atoms with Crippen LogP contribution < -0.4 is 5.73 Å². The Hall–Kier alpha value is -0.930. The summed E-state index contributed by atoms with van der Waals surface area (Å²) in [5, 5.41) is 1.25. The predicted octanol–water partition coefficient (Wildman–Crippen LogP) is 3.91. The van der Waals surface area contributed by atoms with Crippen molar-refractivity contribution in [2.24, 2.45) is 11.1 Å². The molecule has 1 heterocycles. The molecule has 0 aliphatic rings. The Kier molecular flexibility index (Phi) is 4.03. The molecule has 0 bridgehead atoms. The molecule has 0 aliphatic heterocycles. The van der Waals surface area contributed by atoms with Gasteiger partial charge in [0, 0.05) is 0 Å². The first kappa shape index (κ1) is 13.5. The van der Waals surface area contributed by atoms with Gasteiger partial charge in [0.15, 0.2) is 0 Å². The lowest BCUT2D eigenvalue weighted by Crippen LogP contribution is -2.17. The first-order valence-corrected chi connectivity index (χ1v) is 7.38. The van der Waals surface area contributed by atoms with E-state index in [2.05, 4.69) is 39.0 Å². The summed E-state index contributed by atoms with van der Waals surface area (Å²) in [6.45, 7) is 7.48. The average Bonchev–Trinajstić information content (AvgIpc) is 2.68. The highest BCUT2D eigenvalue weighted by molar-refractivity contribution is 7.18. The number of benzene rings is 1. The second kappa shape index (κ2) is 5.37. The van der Waals surface area contributed by atoms with Gasteiger partial charge in [-0.25, -0.2) is 4.98 Å². The molecule has 98 valence electrons. The molecule has 0 unspecified atom stereocenters. The predicted molar refractivity (Wildman–Crippen MR) is 80.1 cm³/mol. The maximum atomic E-state index is 5.65. The highest BCUT2D eigenvalue weighted by Crippen LogP contribution is 2.29. The molecule has 0 atom stereocenters. The summed E-state index contributed by atoms with van der Waals surface area (Å²) < 4.78 is 1.31. The van der Waals surface area contributed by atoms with E-state index in [4.69, 9.17) is 10.7 Å². The normalized spacial score (nSPS) is 12.2. The average molecular weight is 262 g/mol. The van der Waals surface area contributed by atoms with Crippen LogP contribution in [0.4, 0.5) is 0 Å². The largest absolute Gasteiger partial charge is 0.330 e. The minimum absolute atomic E-state index is 0.322. The van der Waals surface area contributed by atoms with Crippen molar-refractivity contribution in [1.82, 2.24) is 4.98 Å². The monoisotopic (exact) mass is 262 g/mol. The quantitative estimate of drug-likeness (QED) is 0.887. The van der Waals surface area contributed by atoms with Gasteiger partial charge in [-0.2, -0.15) is 0 Å². The molecule has 0 fully saturated rings. The molecule has 0 spiro atoms. The van der Waals surface area contributed by atoms with E-state index >= 15 is 0 Å². The molecular formula is C15H22N2S. The Labute approximate surface area is 113 Å². The number of nitrogens with two attached hydrogens (primary N) is 1. The lowest BCUT2D eigenvalue weighted by atomic mass is 9.84. The standard InChI is InChI=1S/C15H22N2S/c1-11-4-5-12-13(10-11)18-14(17-12)6-7-15(2,3)8-9-16/h4-5,10H,6-9,16H2,1-3H3. The number of hydrogen-bond acceptors (Lipinski definition) is 3. The molecule has 0 saturated heterocycles. The molecule has 2 nitrogen and oxygen atoms in total. The van der Waals surface area contributed by atoms with Crippen molar-refractivity contribution in [3.05, 3.63) is 28.8 Å². The molecule has 3 heteroatoms. The zero-order chi connectivity index (χ0) is 13.2. The van der Waals surface area contributed by atoms with Gasteiger partial charge in [0.2, 0.25) is 0 Å². The maximum Gasteiger partial charge on any atom is 0.0938 e. The molecule has 1 aromatic carbocycles. The smallest absolute Gasteiger partial charge is 0.0938 e. The Bertz CT molecular complexity index is 528. The van der Waals surface area contributed by atoms with Crippen LogP contribution in [0.5, 0.6) is 0 Å². The Morgan fingerprint density at radius 2 is 2.06 bits per heavy atom. The molecule has 2 N–H and O–H groups in total. The number of thiazole rings is 1. The van der Waals surface area contributed by atoms with E-state index in [1.165, 1.54) is 15.3 Å². The van der Waals surface area contributed by atoms with Crippen LogP contribution in [0.3, 0.4) is 0 Å². The Morgan fingerprint density at radius 3 is 2.78 bits per heavy atom. The van der Waals surface area contributed by atoms with Crippen LogP contribution >= 0.6 is 11.3 Å². The van der Waals surface area contributed by atoms with Crippen molar-refractivity contribution < 1.29 is 0 Å². The summed E-state index contributed by atoms with van der Waals surface area (Å²) in [5.41, 5.74) is 8.41. The van der Waals surface area contributed by atoms with Gasteiger partial charge < -0.3 is 5.73 Å². The minimum Gasteiger partial charge on any atom is -0.330 e. The zero-order valence-electron chi connectivity index (χ0n) is 11.5. The molecule has 0 radical (unpaired) electrons. The van der Waals surface area contributed by atoms with Gasteiger partial charge in [0.25, 0.3) is 0 Å². The van der Waals surface area contributed by atoms with Gasteiger partial charge >= 0.3 is 0 Å². The Balaban J connectivity index is 2.08. The third-order valence-electron chi connectivity index (χ3n) is 3.42. The van der Waals surface area contributed by atoms with E-state index in [1.54, 1.807) is 0 Å². The second-order valence-corrected chi connectivity index (χ2v) is 6.90. The number of rotatable bonds is 5. The first-order chi connectivity index (χ1) is 8.50. The van der Waals surface area contributed by atoms with Crippen molar-refractivity contribution in [2.45, 2.75) is 40.0 Å². The highest BCUT2D eigenvalue weighted by Gasteiger charge is 2.17. The summed E-state index contributed by atoms with van der Waals surface area (Å²) in [5.74, 6) is 0. The van der Waals surface area contributed by atoms with Gasteiger partial charge in [0.1, 0.15) is 0 Å². The summed E-state index contributed by atoms with van der Waals surface area (Å²) in [7, 11) is 0. The molecule has 2 aromatic rings. The molecule has 2 rings (SSSR count). The van der Waals surface area contributed by atoms with E-state index in [9.17, 15) is 0 Å². The van der Waals surface area contributed by atoms with E-state index in [0.29, 0.717) is 5.41 Å². The first-order valence-electron chi connectivity index (χ1n) is 6.56. The fourth-order valence-electron chi connectivity index (χ4n) is 2.15. The molecule has 0 amide bonds. The maximum absolute atomic E-state index is 5.65. The topological polar surface area (TPSA) is 38.9 Å². The van der Waals surface area contributed by atoms with Crippen molar-refractivity contribution in [3.63, 3.8) is 0 Å². The van der Waals surface area contributed by atoms with Crippen LogP contribution in [-0.4, -0.2) is 11.5 Å². The number of hydrogen-bond donors (Lipinski definition) is 1. The lowest BCUT2D eigenvalue weighted by Gasteiger charge is -2.22. The molecular weight excluding hydrogens is 240 g/mol. The summed E-state index contributed by atoms with van der Waals surface area (Å²) >= 11 is 1.83. The fraction of sp³-hybridized carbons (Fsp3) is 0.533. The van der Waals surface area contributed by atoms with Crippen molar-refractivity contribution >= 4 is 21.6 Å². The summed E-state index contributed by atoms with van der Waals surface area (Å²) in [6, 6.07) is 6.47. The van der Waals surface area contributed by atoms with Gasteiger partial charge in [-0.15, -0.1) is 11.3 Å². The molecule has 18 heavy (non-hydrogen) atoms. The van der Waals surface area contributed by atoms with Gasteiger partial charge in [-0.05, 0) is 55.8 Å².